The average Bonchev–Trinajstić information content (AvgIpc) is 3.15. The van der Waals surface area contributed by atoms with Crippen molar-refractivity contribution < 1.29 is 24.4 Å². The number of carboxylic acid groups (broad SMARTS) is 2. The molecule has 4 aromatic carbocycles. The largest absolute Gasteiger partial charge is 0.478 e. The zero-order valence-corrected chi connectivity index (χ0v) is 28.5. The molecule has 250 valence electrons. The van der Waals surface area contributed by atoms with E-state index in [0.29, 0.717) is 13.1 Å². The van der Waals surface area contributed by atoms with Crippen molar-refractivity contribution in [2.24, 2.45) is 0 Å². The molecule has 51 heavy (non-hydrogen) atoms. The Morgan fingerprint density at radius 1 is 0.784 bits per heavy atom. The first-order chi connectivity index (χ1) is 24.8. The van der Waals surface area contributed by atoms with Crippen molar-refractivity contribution in [2.75, 3.05) is 4.90 Å². The van der Waals surface area contributed by atoms with Gasteiger partial charge in [-0.25, -0.2) is 9.59 Å². The molecule has 0 saturated heterocycles. The van der Waals surface area contributed by atoms with Crippen molar-refractivity contribution in [3.8, 4) is 12.0 Å². The van der Waals surface area contributed by atoms with Gasteiger partial charge in [0.1, 0.15) is 0 Å². The molecule has 1 aliphatic carbocycles. The topological polar surface area (TPSA) is 81.7 Å². The maximum atomic E-state index is 11.3. The number of hydrogen-bond acceptors (Lipinski definition) is 3. The fourth-order valence-electron chi connectivity index (χ4n) is 6.51. The Morgan fingerprint density at radius 2 is 1.47 bits per heavy atom. The first-order valence-electron chi connectivity index (χ1n) is 16.8. The van der Waals surface area contributed by atoms with Crippen LogP contribution in [0, 0.1) is 12.0 Å². The molecular weight excluding hydrogens is 656 g/mol. The summed E-state index contributed by atoms with van der Waals surface area (Å²) in [7, 11) is 0. The number of aromatic nitrogens is 1. The Kier molecular flexibility index (Phi) is 9.65. The second-order valence-electron chi connectivity index (χ2n) is 12.6. The van der Waals surface area contributed by atoms with Gasteiger partial charge in [-0.2, -0.15) is 4.57 Å². The monoisotopic (exact) mass is 689 g/mol. The molecule has 0 bridgehead atoms. The first-order valence-corrected chi connectivity index (χ1v) is 17.1. The lowest BCUT2D eigenvalue weighted by molar-refractivity contribution is -0.662. The van der Waals surface area contributed by atoms with Crippen molar-refractivity contribution in [3.05, 3.63) is 177 Å². The highest BCUT2D eigenvalue weighted by Gasteiger charge is 2.18. The molecule has 2 aliphatic rings. The van der Waals surface area contributed by atoms with E-state index in [1.54, 1.807) is 24.3 Å². The fraction of sp³-hybridized carbons (Fsp3) is 0.114. The molecule has 6 nitrogen and oxygen atoms in total. The average molecular weight is 690 g/mol. The Morgan fingerprint density at radius 3 is 2.22 bits per heavy atom. The summed E-state index contributed by atoms with van der Waals surface area (Å²) in [6, 6.07) is 35.7. The number of halogens is 1. The summed E-state index contributed by atoms with van der Waals surface area (Å²) in [5, 5.41) is 20.4. The number of aromatic carboxylic acids is 2. The van der Waals surface area contributed by atoms with Crippen LogP contribution in [0.3, 0.4) is 0 Å². The van der Waals surface area contributed by atoms with Crippen LogP contribution in [0.5, 0.6) is 0 Å². The van der Waals surface area contributed by atoms with Gasteiger partial charge in [-0.15, -0.1) is 0 Å². The van der Waals surface area contributed by atoms with Gasteiger partial charge in [-0.3, -0.25) is 4.90 Å². The summed E-state index contributed by atoms with van der Waals surface area (Å²) in [6.45, 7) is 1.17. The molecule has 0 unspecified atom stereocenters. The standard InChI is InChI=1S/C44H33ClN2O4/c45-42-34(22-20-32-24-26-46(40-10-3-1-8-38(32)40)28-30-12-16-36(17-13-30)43(48)49)6-5-7-35(42)23-21-33-25-27-47(41-11-4-2-9-39(33)41)29-31-14-18-37(19-15-31)44(50)51/h1-4,8-24,26H,5-7,28-29H2,(H-,48,49,50,51)/p+1. The quantitative estimate of drug-likeness (QED) is 0.119. The maximum absolute atomic E-state index is 11.3. The molecule has 7 rings (SSSR count). The second kappa shape index (κ2) is 14.8. The zero-order valence-electron chi connectivity index (χ0n) is 27.7. The number of para-hydroxylation sites is 2. The third kappa shape index (κ3) is 7.40. The third-order valence-corrected chi connectivity index (χ3v) is 9.72. The molecule has 2 N–H and O–H groups in total. The van der Waals surface area contributed by atoms with Crippen molar-refractivity contribution in [1.82, 2.24) is 0 Å². The Bertz CT molecular complexity index is 2360. The zero-order chi connectivity index (χ0) is 35.3. The molecule has 0 atom stereocenters. The van der Waals surface area contributed by atoms with E-state index in [2.05, 4.69) is 77.4 Å². The van der Waals surface area contributed by atoms with Crippen LogP contribution in [0.1, 0.15) is 62.2 Å². The van der Waals surface area contributed by atoms with Gasteiger partial charge in [0.05, 0.1) is 28.7 Å². The molecular formula is C44H34ClN2O4+. The summed E-state index contributed by atoms with van der Waals surface area (Å²) in [5.74, 6) is 1.46. The van der Waals surface area contributed by atoms with Gasteiger partial charge in [0.25, 0.3) is 0 Å². The molecule has 1 aliphatic heterocycles. The van der Waals surface area contributed by atoms with Crippen LogP contribution in [-0.2, 0) is 13.1 Å². The van der Waals surface area contributed by atoms with Crippen molar-refractivity contribution in [3.63, 3.8) is 0 Å². The number of nitrogens with zero attached hydrogens (tertiary/aromatic N) is 2. The molecule has 0 amide bonds. The maximum Gasteiger partial charge on any atom is 0.335 e. The minimum absolute atomic E-state index is 0.262. The van der Waals surface area contributed by atoms with Crippen LogP contribution in [0.15, 0.2) is 144 Å². The van der Waals surface area contributed by atoms with Crippen LogP contribution in [0.4, 0.5) is 5.69 Å². The third-order valence-electron chi connectivity index (χ3n) is 9.24. The molecule has 0 spiro atoms. The predicted molar refractivity (Wildman–Crippen MR) is 202 cm³/mol. The number of rotatable bonds is 9. The van der Waals surface area contributed by atoms with Gasteiger partial charge < -0.3 is 10.2 Å². The minimum Gasteiger partial charge on any atom is -0.478 e. The lowest BCUT2D eigenvalue weighted by Crippen LogP contribution is -2.34. The second-order valence-corrected chi connectivity index (χ2v) is 12.9. The summed E-state index contributed by atoms with van der Waals surface area (Å²) < 4.78 is 2.17. The number of hydrogen-bond donors (Lipinski definition) is 2. The molecule has 2 heterocycles. The highest BCUT2D eigenvalue weighted by atomic mass is 35.5. The first kappa shape index (κ1) is 33.3. The van der Waals surface area contributed by atoms with E-state index < -0.39 is 11.9 Å². The number of anilines is 1. The van der Waals surface area contributed by atoms with Gasteiger partial charge in [0, 0.05) is 39.9 Å². The Hall–Kier alpha value is -6.16. The summed E-state index contributed by atoms with van der Waals surface area (Å²) in [5.41, 5.74) is 9.87. The van der Waals surface area contributed by atoms with E-state index in [1.165, 1.54) is 0 Å². The lowest BCUT2D eigenvalue weighted by Gasteiger charge is -2.24. The summed E-state index contributed by atoms with van der Waals surface area (Å²) in [4.78, 5) is 24.5. The highest BCUT2D eigenvalue weighted by molar-refractivity contribution is 6.32. The summed E-state index contributed by atoms with van der Waals surface area (Å²) in [6.07, 6.45) is 13.3. The number of carbonyl (C=O) groups is 2. The Labute approximate surface area is 301 Å². The van der Waals surface area contributed by atoms with Crippen molar-refractivity contribution >= 4 is 51.8 Å². The van der Waals surface area contributed by atoms with Crippen LogP contribution < -0.4 is 9.47 Å². The molecule has 7 heteroatoms. The van der Waals surface area contributed by atoms with Crippen LogP contribution in [-0.4, -0.2) is 22.2 Å². The minimum atomic E-state index is -0.941. The molecule has 0 radical (unpaired) electrons. The molecule has 0 saturated carbocycles. The van der Waals surface area contributed by atoms with E-state index in [0.717, 1.165) is 79.9 Å². The van der Waals surface area contributed by atoms with Crippen LogP contribution in [0.25, 0.3) is 22.6 Å². The van der Waals surface area contributed by atoms with Gasteiger partial charge in [-0.1, -0.05) is 84.4 Å². The van der Waals surface area contributed by atoms with Crippen LogP contribution in [0.2, 0.25) is 0 Å². The number of carboxylic acids is 2. The predicted octanol–water partition coefficient (Wildman–Crippen LogP) is 9.25. The SMILES string of the molecule is O=C(O)c1ccc(CN2C#C/C(=C\C=C3/CCCC(/C=C/c4cc[n+](Cc5ccc(C(=O)O)cc5)c5ccccc45)=C3Cl)c3ccccc32)cc1. The van der Waals surface area contributed by atoms with Crippen molar-refractivity contribution in [2.45, 2.75) is 32.4 Å². The fourth-order valence-corrected chi connectivity index (χ4v) is 6.82. The number of pyridine rings is 1. The van der Waals surface area contributed by atoms with E-state index in [-0.39, 0.29) is 11.1 Å². The van der Waals surface area contributed by atoms with Gasteiger partial charge >= 0.3 is 11.9 Å². The van der Waals surface area contributed by atoms with Gasteiger partial charge in [-0.05, 0) is 89.9 Å². The molecule has 5 aromatic rings. The van der Waals surface area contributed by atoms with E-state index >= 15 is 0 Å². The van der Waals surface area contributed by atoms with Gasteiger partial charge in [0.15, 0.2) is 12.7 Å². The smallest absolute Gasteiger partial charge is 0.335 e. The van der Waals surface area contributed by atoms with Gasteiger partial charge in [0.2, 0.25) is 5.52 Å². The van der Waals surface area contributed by atoms with Crippen LogP contribution >= 0.6 is 11.6 Å². The number of benzene rings is 4. The molecule has 0 fully saturated rings. The summed E-state index contributed by atoms with van der Waals surface area (Å²) >= 11 is 7.05. The van der Waals surface area contributed by atoms with E-state index in [9.17, 15) is 19.8 Å². The highest BCUT2D eigenvalue weighted by Crippen LogP contribution is 2.35. The Balaban J connectivity index is 1.12. The number of fused-ring (bicyclic) bond motifs is 2. The van der Waals surface area contributed by atoms with E-state index in [1.807, 2.05) is 53.4 Å². The molecule has 1 aromatic heterocycles. The normalized spacial score (nSPS) is 15.7. The van der Waals surface area contributed by atoms with Crippen molar-refractivity contribution in [1.29, 1.82) is 0 Å². The van der Waals surface area contributed by atoms with E-state index in [4.69, 9.17) is 11.6 Å². The lowest BCUT2D eigenvalue weighted by atomic mass is 9.93. The number of allylic oxidation sites excluding steroid dienone is 7.